The van der Waals surface area contributed by atoms with Crippen LogP contribution in [0.2, 0.25) is 0 Å². The van der Waals surface area contributed by atoms with E-state index in [9.17, 15) is 0 Å². The molecule has 11 aromatic rings. The van der Waals surface area contributed by atoms with Crippen LogP contribution in [0, 0.1) is 0 Å². The van der Waals surface area contributed by atoms with Crippen molar-refractivity contribution in [1.29, 1.82) is 0 Å². The number of nitrogens with two attached hydrogens (primary N) is 1. The van der Waals surface area contributed by atoms with Crippen molar-refractivity contribution < 1.29 is 0 Å². The minimum atomic E-state index is -0.410. The first-order valence-corrected chi connectivity index (χ1v) is 21.4. The van der Waals surface area contributed by atoms with Gasteiger partial charge in [0.25, 0.3) is 0 Å². The third-order valence-electron chi connectivity index (χ3n) is 12.4. The largest absolute Gasteiger partial charge is 0.319 e. The van der Waals surface area contributed by atoms with Gasteiger partial charge >= 0.3 is 0 Å². The minimum Gasteiger partial charge on any atom is -0.319 e. The zero-order valence-electron chi connectivity index (χ0n) is 33.8. The molecule has 0 aliphatic heterocycles. The van der Waals surface area contributed by atoms with Gasteiger partial charge in [0.2, 0.25) is 0 Å². The molecule has 0 spiro atoms. The number of rotatable bonds is 5. The van der Waals surface area contributed by atoms with Crippen molar-refractivity contribution in [3.63, 3.8) is 0 Å². The number of fused-ring (bicyclic) bond motifs is 9. The third-order valence-corrected chi connectivity index (χ3v) is 12.6. The third kappa shape index (κ3) is 6.20. The lowest BCUT2D eigenvalue weighted by Crippen LogP contribution is -2.24. The molecule has 296 valence electrons. The summed E-state index contributed by atoms with van der Waals surface area (Å²) in [7, 11) is 0. The fourth-order valence-electron chi connectivity index (χ4n) is 9.37. The van der Waals surface area contributed by atoms with Crippen LogP contribution in [0.25, 0.3) is 117 Å². The Morgan fingerprint density at radius 1 is 0.413 bits per heavy atom. The molecular weight excluding hydrogens is 789 g/mol. The molecule has 12 rings (SSSR count). The normalized spacial score (nSPS) is 14.3. The molecule has 2 heterocycles. The topological polar surface area (TPSA) is 89.9 Å². The van der Waals surface area contributed by atoms with Crippen LogP contribution >= 0.6 is 12.8 Å². The maximum Gasteiger partial charge on any atom is 0.164 e. The lowest BCUT2D eigenvalue weighted by molar-refractivity contribution is 0.968. The number of hydrogen-bond acceptors (Lipinski definition) is 7. The van der Waals surface area contributed by atoms with Gasteiger partial charge in [-0.3, -0.25) is 0 Å². The zero-order valence-corrected chi connectivity index (χ0v) is 34.7. The first kappa shape index (κ1) is 37.0. The highest BCUT2D eigenvalue weighted by molar-refractivity contribution is 7.79. The summed E-state index contributed by atoms with van der Waals surface area (Å²) in [5, 5.41) is 10.2. The van der Waals surface area contributed by atoms with E-state index in [2.05, 4.69) is 187 Å². The van der Waals surface area contributed by atoms with Crippen molar-refractivity contribution >= 4 is 78.6 Å². The molecule has 2 N–H and O–H groups in total. The first-order valence-electron chi connectivity index (χ1n) is 21.0. The second-order valence-electron chi connectivity index (χ2n) is 16.0. The smallest absolute Gasteiger partial charge is 0.164 e. The number of thiol groups is 1. The van der Waals surface area contributed by atoms with Crippen molar-refractivity contribution in [2.75, 3.05) is 0 Å². The summed E-state index contributed by atoms with van der Waals surface area (Å²) in [4.78, 5) is 21.1. The number of pyridine rings is 1. The summed E-state index contributed by atoms with van der Waals surface area (Å²) in [6.07, 6.45) is 3.99. The van der Waals surface area contributed by atoms with Gasteiger partial charge in [0.15, 0.2) is 17.5 Å². The predicted molar refractivity (Wildman–Crippen MR) is 265 cm³/mol. The Morgan fingerprint density at radius 2 is 0.921 bits per heavy atom. The SMILES string of the molecule is NC1C(=NS)C=Cc2c(-c3ccc(-c4cccc(-c5nc(-c6cc7ccccc7c7ccccc67)nc(-c6cc7ccccc7c7ccccc67)n5)c4)cc3)nc3ccccc3c21. The highest BCUT2D eigenvalue weighted by Gasteiger charge is 2.25. The van der Waals surface area contributed by atoms with Crippen molar-refractivity contribution in [3.05, 3.63) is 199 Å². The van der Waals surface area contributed by atoms with Gasteiger partial charge < -0.3 is 5.73 Å². The molecule has 6 nitrogen and oxygen atoms in total. The highest BCUT2D eigenvalue weighted by atomic mass is 32.1. The van der Waals surface area contributed by atoms with E-state index < -0.39 is 6.04 Å². The van der Waals surface area contributed by atoms with Crippen LogP contribution in [0.5, 0.6) is 0 Å². The van der Waals surface area contributed by atoms with Crippen molar-refractivity contribution in [1.82, 2.24) is 19.9 Å². The average Bonchev–Trinajstić information content (AvgIpc) is 3.35. The zero-order chi connectivity index (χ0) is 42.0. The summed E-state index contributed by atoms with van der Waals surface area (Å²) >= 11 is 4.20. The maximum absolute atomic E-state index is 6.78. The van der Waals surface area contributed by atoms with Crippen LogP contribution in [0.3, 0.4) is 0 Å². The quantitative estimate of drug-likeness (QED) is 0.133. The van der Waals surface area contributed by atoms with Crippen molar-refractivity contribution in [2.45, 2.75) is 6.04 Å². The van der Waals surface area contributed by atoms with Crippen LogP contribution in [0.15, 0.2) is 192 Å². The van der Waals surface area contributed by atoms with E-state index in [1.165, 1.54) is 10.8 Å². The van der Waals surface area contributed by atoms with Gasteiger partial charge in [0.1, 0.15) is 0 Å². The summed E-state index contributed by atoms with van der Waals surface area (Å²) in [6, 6.07) is 63.2. The minimum absolute atomic E-state index is 0.410. The van der Waals surface area contributed by atoms with Gasteiger partial charge in [-0.05, 0) is 103 Å². The molecule has 63 heavy (non-hydrogen) atoms. The summed E-state index contributed by atoms with van der Waals surface area (Å²) in [6.45, 7) is 0. The molecule has 0 saturated heterocycles. The second kappa shape index (κ2) is 15.0. The number of hydrogen-bond donors (Lipinski definition) is 2. The summed E-state index contributed by atoms with van der Waals surface area (Å²) < 4.78 is 4.16. The van der Waals surface area contributed by atoms with Crippen molar-refractivity contribution in [3.8, 4) is 56.5 Å². The lowest BCUT2D eigenvalue weighted by atomic mass is 9.86. The molecule has 1 aliphatic carbocycles. The van der Waals surface area contributed by atoms with Crippen LogP contribution < -0.4 is 5.73 Å². The molecule has 7 heteroatoms. The van der Waals surface area contributed by atoms with Crippen LogP contribution in [-0.4, -0.2) is 25.6 Å². The molecule has 1 aliphatic rings. The Labute approximate surface area is 368 Å². The lowest BCUT2D eigenvalue weighted by Gasteiger charge is -2.23. The highest BCUT2D eigenvalue weighted by Crippen LogP contribution is 2.40. The van der Waals surface area contributed by atoms with Crippen LogP contribution in [0.4, 0.5) is 0 Å². The van der Waals surface area contributed by atoms with Crippen LogP contribution in [-0.2, 0) is 0 Å². The monoisotopic (exact) mass is 824 g/mol. The molecule has 0 radical (unpaired) electrons. The Hall–Kier alpha value is -7.84. The Bertz CT molecular complexity index is 3590. The molecule has 0 amide bonds. The van der Waals surface area contributed by atoms with Crippen LogP contribution in [0.1, 0.15) is 17.2 Å². The Morgan fingerprint density at radius 3 is 1.54 bits per heavy atom. The summed E-state index contributed by atoms with van der Waals surface area (Å²) in [5.74, 6) is 1.84. The maximum atomic E-state index is 6.78. The van der Waals surface area contributed by atoms with E-state index in [1.54, 1.807) is 0 Å². The molecule has 9 aromatic carbocycles. The fraction of sp³-hybridized carbons (Fsp3) is 0.0179. The van der Waals surface area contributed by atoms with Gasteiger partial charge in [-0.2, -0.15) is 0 Å². The average molecular weight is 825 g/mol. The molecule has 0 bridgehead atoms. The molecule has 0 saturated carbocycles. The fourth-order valence-corrected chi connectivity index (χ4v) is 9.57. The molecular formula is C56H36N6S. The van der Waals surface area contributed by atoms with E-state index in [1.807, 2.05) is 24.3 Å². The number of aromatic nitrogens is 4. The molecule has 0 fully saturated rings. The Kier molecular flexibility index (Phi) is 8.78. The van der Waals surface area contributed by atoms with E-state index in [4.69, 9.17) is 25.7 Å². The predicted octanol–water partition coefficient (Wildman–Crippen LogP) is 13.7. The van der Waals surface area contributed by atoms with E-state index in [0.29, 0.717) is 17.5 Å². The van der Waals surface area contributed by atoms with E-state index in [0.717, 1.165) is 99.1 Å². The van der Waals surface area contributed by atoms with Gasteiger partial charge in [-0.15, -0.1) is 0 Å². The standard InChI is InChI=1S/C56H36N6S/c57-52-50(62-63)29-28-46-51(52)45-22-9-10-23-49(45)58-53(46)34-26-24-33(25-27-34)35-14-11-15-38(30-35)54-59-55(47-31-36-12-1-3-16-39(36)41-18-5-7-20-43(41)47)61-56(60-54)48-32-37-13-2-4-17-40(37)42-19-6-8-21-44(42)48/h1-32,52,63H,57H2. The van der Waals surface area contributed by atoms with Gasteiger partial charge in [0.05, 0.1) is 23.0 Å². The van der Waals surface area contributed by atoms with Crippen molar-refractivity contribution in [2.24, 2.45) is 10.1 Å². The van der Waals surface area contributed by atoms with E-state index in [-0.39, 0.29) is 0 Å². The van der Waals surface area contributed by atoms with Gasteiger partial charge in [0, 0.05) is 33.2 Å². The molecule has 2 aromatic heterocycles. The van der Waals surface area contributed by atoms with E-state index >= 15 is 0 Å². The Balaban J connectivity index is 1.01. The van der Waals surface area contributed by atoms with Gasteiger partial charge in [-0.25, -0.2) is 24.3 Å². The number of para-hydroxylation sites is 1. The number of nitrogens with zero attached hydrogens (tertiary/aromatic N) is 5. The second-order valence-corrected chi connectivity index (χ2v) is 16.2. The number of benzene rings is 9. The molecule has 1 atom stereocenters. The summed E-state index contributed by atoms with van der Waals surface area (Å²) in [5.41, 5.74) is 17.2. The molecule has 1 unspecified atom stereocenters. The van der Waals surface area contributed by atoms with Gasteiger partial charge in [-0.1, -0.05) is 164 Å². The first-order chi connectivity index (χ1) is 31.1.